The molecular formula is C12H15NO4S. The number of fused-ring (bicyclic) bond motifs is 1. The molecule has 0 spiro atoms. The number of benzene rings is 1. The molecule has 0 aromatic heterocycles. The van der Waals surface area contributed by atoms with Gasteiger partial charge in [0, 0.05) is 17.8 Å². The van der Waals surface area contributed by atoms with Gasteiger partial charge in [0.1, 0.15) is 0 Å². The first-order valence-electron chi connectivity index (χ1n) is 5.99. The van der Waals surface area contributed by atoms with Gasteiger partial charge < -0.3 is 14.8 Å². The second kappa shape index (κ2) is 4.35. The van der Waals surface area contributed by atoms with Crippen molar-refractivity contribution in [3.8, 4) is 11.5 Å². The maximum Gasteiger partial charge on any atom is 0.231 e. The fraction of sp³-hybridized carbons (Fsp3) is 0.500. The Bertz CT molecular complexity index is 555. The Balaban J connectivity index is 1.73. The van der Waals surface area contributed by atoms with Crippen LogP contribution in [0.25, 0.3) is 0 Å². The van der Waals surface area contributed by atoms with Gasteiger partial charge in [0.05, 0.1) is 11.5 Å². The minimum Gasteiger partial charge on any atom is -0.454 e. The van der Waals surface area contributed by atoms with Crippen molar-refractivity contribution in [3.63, 3.8) is 0 Å². The highest BCUT2D eigenvalue weighted by Crippen LogP contribution is 2.34. The van der Waals surface area contributed by atoms with E-state index in [-0.39, 0.29) is 18.6 Å². The van der Waals surface area contributed by atoms with Gasteiger partial charge in [0.25, 0.3) is 0 Å². The largest absolute Gasteiger partial charge is 0.454 e. The van der Waals surface area contributed by atoms with Crippen LogP contribution in [0.4, 0.5) is 5.69 Å². The van der Waals surface area contributed by atoms with E-state index in [4.69, 9.17) is 9.47 Å². The van der Waals surface area contributed by atoms with E-state index in [0.717, 1.165) is 24.3 Å². The summed E-state index contributed by atoms with van der Waals surface area (Å²) in [6, 6.07) is 5.56. The van der Waals surface area contributed by atoms with Gasteiger partial charge in [-0.1, -0.05) is 0 Å². The van der Waals surface area contributed by atoms with Crippen LogP contribution < -0.4 is 14.8 Å². The summed E-state index contributed by atoms with van der Waals surface area (Å²) in [6.45, 7) is 0.247. The first-order chi connectivity index (χ1) is 8.62. The summed E-state index contributed by atoms with van der Waals surface area (Å²) in [6.07, 6.45) is 1.61. The first-order valence-corrected chi connectivity index (χ1v) is 7.81. The topological polar surface area (TPSA) is 64.6 Å². The Morgan fingerprint density at radius 3 is 2.89 bits per heavy atom. The van der Waals surface area contributed by atoms with Gasteiger partial charge in [-0.15, -0.1) is 0 Å². The van der Waals surface area contributed by atoms with Crippen molar-refractivity contribution in [2.24, 2.45) is 0 Å². The van der Waals surface area contributed by atoms with Gasteiger partial charge in [0.15, 0.2) is 21.3 Å². The van der Waals surface area contributed by atoms with Gasteiger partial charge in [-0.25, -0.2) is 8.42 Å². The van der Waals surface area contributed by atoms with Crippen LogP contribution in [0.1, 0.15) is 12.8 Å². The van der Waals surface area contributed by atoms with E-state index in [1.54, 1.807) is 0 Å². The van der Waals surface area contributed by atoms with Crippen molar-refractivity contribution in [3.05, 3.63) is 18.2 Å². The summed E-state index contributed by atoms with van der Waals surface area (Å²) in [5.74, 6) is 1.96. The molecular weight excluding hydrogens is 254 g/mol. The lowest BCUT2D eigenvalue weighted by Crippen LogP contribution is -2.34. The normalized spacial score (nSPS) is 24.8. The molecule has 1 fully saturated rings. The van der Waals surface area contributed by atoms with Crippen molar-refractivity contribution >= 4 is 15.5 Å². The number of hydrogen-bond acceptors (Lipinski definition) is 5. The number of hydrogen-bond donors (Lipinski definition) is 1. The third-order valence-electron chi connectivity index (χ3n) is 3.21. The molecule has 1 aromatic rings. The van der Waals surface area contributed by atoms with E-state index < -0.39 is 9.84 Å². The molecule has 2 aliphatic heterocycles. The molecule has 0 amide bonds. The number of ether oxygens (including phenoxy) is 2. The Hall–Kier alpha value is -1.43. The summed E-state index contributed by atoms with van der Waals surface area (Å²) in [4.78, 5) is 0. The van der Waals surface area contributed by atoms with Gasteiger partial charge in [-0.3, -0.25) is 0 Å². The van der Waals surface area contributed by atoms with Crippen LogP contribution in [0.2, 0.25) is 0 Å². The molecule has 2 aliphatic rings. The van der Waals surface area contributed by atoms with Crippen LogP contribution in [0, 0.1) is 0 Å². The number of anilines is 1. The molecule has 0 bridgehead atoms. The zero-order valence-electron chi connectivity index (χ0n) is 9.89. The maximum atomic E-state index is 11.6. The van der Waals surface area contributed by atoms with Crippen LogP contribution >= 0.6 is 0 Å². The predicted molar refractivity (Wildman–Crippen MR) is 67.9 cm³/mol. The Labute approximate surface area is 106 Å². The van der Waals surface area contributed by atoms with E-state index in [9.17, 15) is 8.42 Å². The highest BCUT2D eigenvalue weighted by molar-refractivity contribution is 7.91. The minimum absolute atomic E-state index is 0.0101. The highest BCUT2D eigenvalue weighted by atomic mass is 32.2. The second-order valence-electron chi connectivity index (χ2n) is 4.67. The Morgan fingerprint density at radius 2 is 2.06 bits per heavy atom. The van der Waals surface area contributed by atoms with Crippen molar-refractivity contribution in [2.45, 2.75) is 18.9 Å². The molecule has 1 unspecified atom stereocenters. The molecule has 2 heterocycles. The number of nitrogens with one attached hydrogen (secondary N) is 1. The lowest BCUT2D eigenvalue weighted by Gasteiger charge is -2.24. The smallest absolute Gasteiger partial charge is 0.231 e. The summed E-state index contributed by atoms with van der Waals surface area (Å²) < 4.78 is 33.6. The lowest BCUT2D eigenvalue weighted by atomic mass is 10.1. The third kappa shape index (κ3) is 2.38. The summed E-state index contributed by atoms with van der Waals surface area (Å²) in [7, 11) is -2.88. The molecule has 1 aromatic carbocycles. The van der Waals surface area contributed by atoms with Crippen LogP contribution in [-0.4, -0.2) is 32.8 Å². The molecule has 6 heteroatoms. The van der Waals surface area contributed by atoms with Crippen LogP contribution in [-0.2, 0) is 9.84 Å². The summed E-state index contributed by atoms with van der Waals surface area (Å²) in [5, 5.41) is 3.25. The Morgan fingerprint density at radius 1 is 1.22 bits per heavy atom. The standard InChI is InChI=1S/C12H15NO4S/c14-18(15)5-1-2-10(7-18)13-9-3-4-11-12(6-9)17-8-16-11/h3-4,6,10,13H,1-2,5,7-8H2. The molecule has 0 saturated carbocycles. The predicted octanol–water partition coefficient (Wildman–Crippen LogP) is 1.40. The van der Waals surface area contributed by atoms with E-state index in [0.29, 0.717) is 11.5 Å². The van der Waals surface area contributed by atoms with E-state index in [1.807, 2.05) is 18.2 Å². The first kappa shape index (κ1) is 11.6. The summed E-state index contributed by atoms with van der Waals surface area (Å²) in [5.41, 5.74) is 0.876. The quantitative estimate of drug-likeness (QED) is 0.879. The molecule has 0 radical (unpaired) electrons. The summed E-state index contributed by atoms with van der Waals surface area (Å²) >= 11 is 0. The fourth-order valence-corrected chi connectivity index (χ4v) is 3.99. The molecule has 5 nitrogen and oxygen atoms in total. The molecule has 3 rings (SSSR count). The van der Waals surface area contributed by atoms with Crippen LogP contribution in [0.5, 0.6) is 11.5 Å². The number of sulfone groups is 1. The van der Waals surface area contributed by atoms with Crippen molar-refractivity contribution in [1.82, 2.24) is 0 Å². The lowest BCUT2D eigenvalue weighted by molar-refractivity contribution is 0.174. The van der Waals surface area contributed by atoms with Crippen molar-refractivity contribution in [1.29, 1.82) is 0 Å². The molecule has 1 saturated heterocycles. The molecule has 1 N–H and O–H groups in total. The van der Waals surface area contributed by atoms with E-state index >= 15 is 0 Å². The van der Waals surface area contributed by atoms with Gasteiger partial charge >= 0.3 is 0 Å². The Kier molecular flexibility index (Phi) is 2.81. The fourth-order valence-electron chi connectivity index (χ4n) is 2.36. The zero-order valence-corrected chi connectivity index (χ0v) is 10.7. The zero-order chi connectivity index (χ0) is 12.6. The average molecular weight is 269 g/mol. The van der Waals surface area contributed by atoms with Gasteiger partial charge in [-0.2, -0.15) is 0 Å². The van der Waals surface area contributed by atoms with Crippen LogP contribution in [0.15, 0.2) is 18.2 Å². The SMILES string of the molecule is O=S1(=O)CCCC(Nc2ccc3c(c2)OCO3)C1. The van der Waals surface area contributed by atoms with Gasteiger partial charge in [0.2, 0.25) is 6.79 Å². The molecule has 1 atom stereocenters. The van der Waals surface area contributed by atoms with Gasteiger partial charge in [-0.05, 0) is 25.0 Å². The van der Waals surface area contributed by atoms with E-state index in [1.165, 1.54) is 0 Å². The number of rotatable bonds is 2. The molecule has 98 valence electrons. The maximum absolute atomic E-state index is 11.6. The third-order valence-corrected chi connectivity index (χ3v) is 5.03. The average Bonchev–Trinajstić information content (AvgIpc) is 2.74. The second-order valence-corrected chi connectivity index (χ2v) is 6.89. The van der Waals surface area contributed by atoms with E-state index in [2.05, 4.69) is 5.32 Å². The van der Waals surface area contributed by atoms with Crippen LogP contribution in [0.3, 0.4) is 0 Å². The van der Waals surface area contributed by atoms with Crippen molar-refractivity contribution in [2.75, 3.05) is 23.6 Å². The highest BCUT2D eigenvalue weighted by Gasteiger charge is 2.25. The monoisotopic (exact) mass is 269 g/mol. The molecule has 18 heavy (non-hydrogen) atoms. The van der Waals surface area contributed by atoms with Crippen molar-refractivity contribution < 1.29 is 17.9 Å². The minimum atomic E-state index is -2.88. The molecule has 0 aliphatic carbocycles.